The van der Waals surface area contributed by atoms with Crippen LogP contribution in [0.1, 0.15) is 34.5 Å². The van der Waals surface area contributed by atoms with E-state index in [0.717, 1.165) is 29.8 Å². The molecule has 0 saturated carbocycles. The zero-order valence-electron chi connectivity index (χ0n) is 20.7. The second kappa shape index (κ2) is 11.8. The van der Waals surface area contributed by atoms with E-state index in [0.29, 0.717) is 41.1 Å². The number of carbonyl (C=O) groups excluding carboxylic acids is 1. The van der Waals surface area contributed by atoms with Gasteiger partial charge in [-0.05, 0) is 85.2 Å². The van der Waals surface area contributed by atoms with Crippen LogP contribution in [0, 0.1) is 0 Å². The number of methoxy groups -OCH3 is 2. The molecule has 1 atom stereocenters. The summed E-state index contributed by atoms with van der Waals surface area (Å²) in [5.74, 6) is 1.65. The van der Waals surface area contributed by atoms with E-state index in [9.17, 15) is 4.79 Å². The molecule has 0 spiro atoms. The fraction of sp³-hybridized carbons (Fsp3) is 0.286. The van der Waals surface area contributed by atoms with Crippen LogP contribution in [0.5, 0.6) is 17.2 Å². The second-order valence-electron chi connectivity index (χ2n) is 8.22. The fourth-order valence-corrected chi connectivity index (χ4v) is 4.58. The number of rotatable bonds is 8. The van der Waals surface area contributed by atoms with Crippen molar-refractivity contribution in [2.75, 3.05) is 39.3 Å². The van der Waals surface area contributed by atoms with Gasteiger partial charge >= 0.3 is 5.97 Å². The van der Waals surface area contributed by atoms with Gasteiger partial charge in [0.05, 0.1) is 32.4 Å². The summed E-state index contributed by atoms with van der Waals surface area (Å²) in [6.07, 6.45) is 0.803. The molecule has 3 aromatic carbocycles. The van der Waals surface area contributed by atoms with E-state index in [1.54, 1.807) is 45.4 Å². The largest absolute Gasteiger partial charge is 0.493 e. The van der Waals surface area contributed by atoms with E-state index in [4.69, 9.17) is 31.2 Å². The molecule has 0 fully saturated rings. The molecule has 0 aliphatic carbocycles. The molecule has 8 heteroatoms. The smallest absolute Gasteiger partial charge is 0.338 e. The van der Waals surface area contributed by atoms with Crippen LogP contribution in [0.3, 0.4) is 0 Å². The highest BCUT2D eigenvalue weighted by molar-refractivity contribution is 7.80. The summed E-state index contributed by atoms with van der Waals surface area (Å²) < 4.78 is 22.4. The molecule has 0 bridgehead atoms. The maximum Gasteiger partial charge on any atom is 0.338 e. The van der Waals surface area contributed by atoms with Gasteiger partial charge in [0.25, 0.3) is 0 Å². The van der Waals surface area contributed by atoms with E-state index in [-0.39, 0.29) is 12.0 Å². The summed E-state index contributed by atoms with van der Waals surface area (Å²) in [7, 11) is 3.27. The molecule has 0 unspecified atom stereocenters. The van der Waals surface area contributed by atoms with Gasteiger partial charge in [-0.1, -0.05) is 18.2 Å². The number of nitrogens with one attached hydrogen (secondary N) is 1. The summed E-state index contributed by atoms with van der Waals surface area (Å²) in [4.78, 5) is 14.1. The lowest BCUT2D eigenvalue weighted by molar-refractivity contribution is 0.0526. The lowest BCUT2D eigenvalue weighted by atomic mass is 9.92. The minimum Gasteiger partial charge on any atom is -0.493 e. The fourth-order valence-electron chi connectivity index (χ4n) is 4.24. The van der Waals surface area contributed by atoms with E-state index in [1.807, 2.05) is 42.5 Å². The molecule has 3 aromatic rings. The number of nitrogens with zero attached hydrogens (tertiary/aromatic N) is 1. The first-order valence-corrected chi connectivity index (χ1v) is 12.2. The van der Waals surface area contributed by atoms with Crippen molar-refractivity contribution < 1.29 is 23.7 Å². The lowest BCUT2D eigenvalue weighted by Crippen LogP contribution is -2.44. The van der Waals surface area contributed by atoms with Gasteiger partial charge in [-0.2, -0.15) is 0 Å². The zero-order valence-corrected chi connectivity index (χ0v) is 21.5. The van der Waals surface area contributed by atoms with Crippen LogP contribution in [-0.2, 0) is 11.2 Å². The number of hydrogen-bond donors (Lipinski definition) is 1. The van der Waals surface area contributed by atoms with Gasteiger partial charge < -0.3 is 29.2 Å². The van der Waals surface area contributed by atoms with Gasteiger partial charge in [-0.25, -0.2) is 4.79 Å². The Balaban J connectivity index is 1.59. The van der Waals surface area contributed by atoms with Crippen molar-refractivity contribution in [2.24, 2.45) is 0 Å². The Hall–Kier alpha value is -3.78. The maximum absolute atomic E-state index is 12.0. The van der Waals surface area contributed by atoms with Crippen molar-refractivity contribution in [3.63, 3.8) is 0 Å². The molecule has 0 amide bonds. The highest BCUT2D eigenvalue weighted by Crippen LogP contribution is 2.38. The Morgan fingerprint density at radius 1 is 1.03 bits per heavy atom. The van der Waals surface area contributed by atoms with Crippen molar-refractivity contribution in [3.8, 4) is 17.2 Å². The third-order valence-corrected chi connectivity index (χ3v) is 6.40. The van der Waals surface area contributed by atoms with Gasteiger partial charge in [-0.15, -0.1) is 0 Å². The molecule has 0 saturated heterocycles. The minimum atomic E-state index is -0.352. The standard InChI is InChI=1S/C28H30N2O5S/c1-4-34-27(31)19-10-12-22(13-11-19)35-18-24-23-17-26(33-3)25(32-2)16-20(23)14-15-30(24)28(36)29-21-8-6-5-7-9-21/h5-13,16-17,24H,4,14-15,18H2,1-3H3,(H,29,36)/t24-/m0/s1. The summed E-state index contributed by atoms with van der Waals surface area (Å²) in [5, 5.41) is 3.97. The van der Waals surface area contributed by atoms with Crippen LogP contribution in [0.4, 0.5) is 5.69 Å². The number of hydrogen-bond acceptors (Lipinski definition) is 6. The first-order valence-electron chi connectivity index (χ1n) is 11.8. The van der Waals surface area contributed by atoms with Gasteiger partial charge in [0.1, 0.15) is 12.4 Å². The Kier molecular flexibility index (Phi) is 8.28. The van der Waals surface area contributed by atoms with E-state index < -0.39 is 0 Å². The Morgan fingerprint density at radius 2 is 1.72 bits per heavy atom. The van der Waals surface area contributed by atoms with Crippen LogP contribution < -0.4 is 19.5 Å². The average molecular weight is 507 g/mol. The molecule has 1 aliphatic rings. The zero-order chi connectivity index (χ0) is 25.5. The normalized spacial score (nSPS) is 14.4. The predicted octanol–water partition coefficient (Wildman–Crippen LogP) is 5.26. The van der Waals surface area contributed by atoms with E-state index in [2.05, 4.69) is 10.2 Å². The molecule has 188 valence electrons. The monoisotopic (exact) mass is 506 g/mol. The van der Waals surface area contributed by atoms with Crippen LogP contribution in [0.2, 0.25) is 0 Å². The Morgan fingerprint density at radius 3 is 2.39 bits per heavy atom. The minimum absolute atomic E-state index is 0.165. The summed E-state index contributed by atoms with van der Waals surface area (Å²) >= 11 is 5.83. The van der Waals surface area contributed by atoms with Gasteiger partial charge in [0.15, 0.2) is 16.6 Å². The number of fused-ring (bicyclic) bond motifs is 1. The number of benzene rings is 3. The average Bonchev–Trinajstić information content (AvgIpc) is 2.91. The van der Waals surface area contributed by atoms with Crippen LogP contribution in [0.15, 0.2) is 66.7 Å². The van der Waals surface area contributed by atoms with Gasteiger partial charge in [-0.3, -0.25) is 0 Å². The second-order valence-corrected chi connectivity index (χ2v) is 8.60. The number of para-hydroxylation sites is 1. The van der Waals surface area contributed by atoms with Crippen molar-refractivity contribution >= 4 is 29.0 Å². The number of carbonyl (C=O) groups is 1. The molecule has 4 rings (SSSR count). The molecule has 0 radical (unpaired) electrons. The number of esters is 1. The van der Waals surface area contributed by atoms with Crippen LogP contribution in [-0.4, -0.2) is 50.0 Å². The van der Waals surface area contributed by atoms with Crippen molar-refractivity contribution in [1.82, 2.24) is 4.90 Å². The third-order valence-electron chi connectivity index (χ3n) is 6.06. The first-order chi connectivity index (χ1) is 17.5. The molecular weight excluding hydrogens is 476 g/mol. The van der Waals surface area contributed by atoms with E-state index >= 15 is 0 Å². The predicted molar refractivity (Wildman–Crippen MR) is 143 cm³/mol. The molecule has 7 nitrogen and oxygen atoms in total. The van der Waals surface area contributed by atoms with Crippen LogP contribution in [0.25, 0.3) is 0 Å². The maximum atomic E-state index is 12.0. The SMILES string of the molecule is CCOC(=O)c1ccc(OC[C@H]2c3cc(OC)c(OC)cc3CCN2C(=S)Nc2ccccc2)cc1. The number of ether oxygens (including phenoxy) is 4. The first kappa shape index (κ1) is 25.3. The highest BCUT2D eigenvalue weighted by atomic mass is 32.1. The lowest BCUT2D eigenvalue weighted by Gasteiger charge is -2.39. The molecule has 1 N–H and O–H groups in total. The van der Waals surface area contributed by atoms with Crippen molar-refractivity contribution in [3.05, 3.63) is 83.4 Å². The third kappa shape index (κ3) is 5.71. The summed E-state index contributed by atoms with van der Waals surface area (Å²) in [6.45, 7) is 3.18. The quantitative estimate of drug-likeness (QED) is 0.328. The van der Waals surface area contributed by atoms with Crippen molar-refractivity contribution in [2.45, 2.75) is 19.4 Å². The van der Waals surface area contributed by atoms with Crippen LogP contribution >= 0.6 is 12.2 Å². The van der Waals surface area contributed by atoms with Gasteiger partial charge in [0, 0.05) is 12.2 Å². The van der Waals surface area contributed by atoms with Gasteiger partial charge in [0.2, 0.25) is 0 Å². The van der Waals surface area contributed by atoms with Crippen molar-refractivity contribution in [1.29, 1.82) is 0 Å². The molecule has 1 aliphatic heterocycles. The Labute approximate surface area is 216 Å². The number of thiocarbonyl (C=S) groups is 1. The molecule has 1 heterocycles. The molecule has 36 heavy (non-hydrogen) atoms. The Bertz CT molecular complexity index is 1200. The highest BCUT2D eigenvalue weighted by Gasteiger charge is 2.31. The molecular formula is C28H30N2O5S. The van der Waals surface area contributed by atoms with E-state index in [1.165, 1.54) is 0 Å². The molecule has 0 aromatic heterocycles. The summed E-state index contributed by atoms with van der Waals surface area (Å²) in [6, 6.07) is 20.7. The topological polar surface area (TPSA) is 69.3 Å². The number of anilines is 1. The summed E-state index contributed by atoms with van der Waals surface area (Å²) in [5.41, 5.74) is 3.64.